The van der Waals surface area contributed by atoms with Gasteiger partial charge in [-0.05, 0) is 36.8 Å². The summed E-state index contributed by atoms with van der Waals surface area (Å²) in [4.78, 5) is 4.05. The molecule has 0 bridgehead atoms. The Kier molecular flexibility index (Phi) is 4.56. The normalized spacial score (nSPS) is 13.1. The number of rotatable bonds is 5. The summed E-state index contributed by atoms with van der Waals surface area (Å²) >= 11 is 0. The van der Waals surface area contributed by atoms with E-state index in [1.54, 1.807) is 6.20 Å². The molecule has 0 aliphatic carbocycles. The van der Waals surface area contributed by atoms with Crippen LogP contribution in [0.4, 0.5) is 5.82 Å². The number of nitrogen functional groups attached to an aromatic ring is 1. The Balaban J connectivity index is 2.44. The van der Waals surface area contributed by atoms with Gasteiger partial charge in [-0.25, -0.2) is 4.98 Å². The molecule has 84 valence electrons. The fourth-order valence-electron chi connectivity index (χ4n) is 1.56. The fraction of sp³-hybridized carbons (Fsp3) is 0.583. The average molecular weight is 207 g/mol. The summed E-state index contributed by atoms with van der Waals surface area (Å²) in [5, 5.41) is 0. The number of nitrogens with zero attached hydrogens (tertiary/aromatic N) is 1. The van der Waals surface area contributed by atoms with Crippen molar-refractivity contribution in [3.63, 3.8) is 0 Å². The van der Waals surface area contributed by atoms with Gasteiger partial charge in [-0.1, -0.05) is 19.9 Å². The van der Waals surface area contributed by atoms with E-state index in [4.69, 9.17) is 11.5 Å². The molecular formula is C12H21N3. The van der Waals surface area contributed by atoms with Gasteiger partial charge in [-0.2, -0.15) is 0 Å². The molecule has 1 unspecified atom stereocenters. The number of anilines is 1. The Bertz CT molecular complexity index is 297. The molecule has 0 aromatic carbocycles. The summed E-state index contributed by atoms with van der Waals surface area (Å²) in [7, 11) is 0. The molecule has 15 heavy (non-hydrogen) atoms. The third-order valence-corrected chi connectivity index (χ3v) is 2.52. The quantitative estimate of drug-likeness (QED) is 0.775. The lowest BCUT2D eigenvalue weighted by Gasteiger charge is -2.13. The van der Waals surface area contributed by atoms with E-state index in [2.05, 4.69) is 18.8 Å². The van der Waals surface area contributed by atoms with Crippen LogP contribution in [-0.4, -0.2) is 11.0 Å². The molecule has 1 aromatic rings. The van der Waals surface area contributed by atoms with Crippen LogP contribution in [0.2, 0.25) is 0 Å². The summed E-state index contributed by atoms with van der Waals surface area (Å²) < 4.78 is 0. The van der Waals surface area contributed by atoms with Gasteiger partial charge in [-0.3, -0.25) is 0 Å². The van der Waals surface area contributed by atoms with E-state index in [-0.39, 0.29) is 6.04 Å². The van der Waals surface area contributed by atoms with Gasteiger partial charge in [0.25, 0.3) is 0 Å². The molecule has 0 aliphatic rings. The van der Waals surface area contributed by atoms with E-state index in [9.17, 15) is 0 Å². The van der Waals surface area contributed by atoms with Crippen LogP contribution in [0.5, 0.6) is 0 Å². The minimum absolute atomic E-state index is 0.193. The van der Waals surface area contributed by atoms with E-state index in [0.717, 1.165) is 18.4 Å². The molecule has 1 rings (SSSR count). The maximum absolute atomic E-state index is 6.04. The predicted molar refractivity (Wildman–Crippen MR) is 64.4 cm³/mol. The Morgan fingerprint density at radius 3 is 2.67 bits per heavy atom. The van der Waals surface area contributed by atoms with E-state index >= 15 is 0 Å². The summed E-state index contributed by atoms with van der Waals surface area (Å²) in [5.41, 5.74) is 12.9. The Morgan fingerprint density at radius 2 is 2.07 bits per heavy atom. The van der Waals surface area contributed by atoms with Gasteiger partial charge >= 0.3 is 0 Å². The van der Waals surface area contributed by atoms with Crippen molar-refractivity contribution in [2.24, 2.45) is 11.7 Å². The van der Waals surface area contributed by atoms with Crippen LogP contribution in [0.3, 0.4) is 0 Å². The highest BCUT2D eigenvalue weighted by molar-refractivity contribution is 5.38. The molecule has 4 N–H and O–H groups in total. The van der Waals surface area contributed by atoms with Crippen molar-refractivity contribution in [3.8, 4) is 0 Å². The van der Waals surface area contributed by atoms with Gasteiger partial charge in [0.2, 0.25) is 0 Å². The zero-order chi connectivity index (χ0) is 11.3. The minimum atomic E-state index is 0.193. The second-order valence-electron chi connectivity index (χ2n) is 4.48. The van der Waals surface area contributed by atoms with Crippen molar-refractivity contribution in [3.05, 3.63) is 23.9 Å². The van der Waals surface area contributed by atoms with Crippen molar-refractivity contribution >= 4 is 5.82 Å². The number of hydrogen-bond acceptors (Lipinski definition) is 3. The molecule has 3 heteroatoms. The van der Waals surface area contributed by atoms with Crippen molar-refractivity contribution in [2.45, 2.75) is 39.2 Å². The molecule has 0 saturated heterocycles. The summed E-state index contributed by atoms with van der Waals surface area (Å²) in [5.74, 6) is 1.32. The number of nitrogens with two attached hydrogens (primary N) is 2. The molecular weight excluding hydrogens is 186 g/mol. The van der Waals surface area contributed by atoms with Gasteiger partial charge in [0, 0.05) is 12.2 Å². The predicted octanol–water partition coefficient (Wildman–Crippen LogP) is 1.97. The third-order valence-electron chi connectivity index (χ3n) is 2.52. The van der Waals surface area contributed by atoms with Crippen LogP contribution in [0.1, 0.15) is 32.3 Å². The van der Waals surface area contributed by atoms with Gasteiger partial charge in [0.05, 0.1) is 0 Å². The molecule has 1 aromatic heterocycles. The van der Waals surface area contributed by atoms with E-state index in [1.807, 2.05) is 12.1 Å². The lowest BCUT2D eigenvalue weighted by molar-refractivity contribution is 0.495. The smallest absolute Gasteiger partial charge is 0.126 e. The zero-order valence-electron chi connectivity index (χ0n) is 9.61. The standard InChI is InChI=1S/C12H21N3/c1-9(2)5-6-11(13)8-10-4-3-7-15-12(10)14/h3-4,7,9,11H,5-6,8,13H2,1-2H3,(H2,14,15). The zero-order valence-corrected chi connectivity index (χ0v) is 9.61. The SMILES string of the molecule is CC(C)CCC(N)Cc1cccnc1N. The van der Waals surface area contributed by atoms with Gasteiger partial charge in [-0.15, -0.1) is 0 Å². The Hall–Kier alpha value is -1.09. The molecule has 3 nitrogen and oxygen atoms in total. The summed E-state index contributed by atoms with van der Waals surface area (Å²) in [6, 6.07) is 4.09. The molecule has 0 aliphatic heterocycles. The third kappa shape index (κ3) is 4.30. The average Bonchev–Trinajstić information content (AvgIpc) is 2.18. The van der Waals surface area contributed by atoms with Crippen LogP contribution in [0, 0.1) is 5.92 Å². The van der Waals surface area contributed by atoms with Crippen LogP contribution < -0.4 is 11.5 Å². The molecule has 0 radical (unpaired) electrons. The first-order chi connectivity index (χ1) is 7.09. The van der Waals surface area contributed by atoms with Gasteiger partial charge in [0.1, 0.15) is 5.82 Å². The van der Waals surface area contributed by atoms with Crippen molar-refractivity contribution in [1.29, 1.82) is 0 Å². The first-order valence-corrected chi connectivity index (χ1v) is 5.54. The molecule has 0 saturated carbocycles. The monoisotopic (exact) mass is 207 g/mol. The lowest BCUT2D eigenvalue weighted by atomic mass is 9.99. The van der Waals surface area contributed by atoms with Crippen LogP contribution >= 0.6 is 0 Å². The number of pyridine rings is 1. The number of hydrogen-bond donors (Lipinski definition) is 2. The first kappa shape index (κ1) is 12.0. The molecule has 1 atom stereocenters. The maximum atomic E-state index is 6.04. The van der Waals surface area contributed by atoms with E-state index in [1.165, 1.54) is 6.42 Å². The van der Waals surface area contributed by atoms with Crippen LogP contribution in [0.25, 0.3) is 0 Å². The van der Waals surface area contributed by atoms with Crippen LogP contribution in [-0.2, 0) is 6.42 Å². The highest BCUT2D eigenvalue weighted by atomic mass is 14.8. The van der Waals surface area contributed by atoms with Crippen molar-refractivity contribution < 1.29 is 0 Å². The Labute approximate surface area is 91.9 Å². The molecule has 1 heterocycles. The highest BCUT2D eigenvalue weighted by Gasteiger charge is 2.07. The Morgan fingerprint density at radius 1 is 1.33 bits per heavy atom. The van der Waals surface area contributed by atoms with Gasteiger partial charge < -0.3 is 11.5 Å². The summed E-state index contributed by atoms with van der Waals surface area (Å²) in [6.45, 7) is 4.43. The molecule has 0 fully saturated rings. The second-order valence-corrected chi connectivity index (χ2v) is 4.48. The fourth-order valence-corrected chi connectivity index (χ4v) is 1.56. The van der Waals surface area contributed by atoms with E-state index < -0.39 is 0 Å². The van der Waals surface area contributed by atoms with Crippen LogP contribution in [0.15, 0.2) is 18.3 Å². The molecule has 0 spiro atoms. The summed E-state index contributed by atoms with van der Waals surface area (Å²) in [6.07, 6.45) is 4.75. The van der Waals surface area contributed by atoms with Gasteiger partial charge in [0.15, 0.2) is 0 Å². The van der Waals surface area contributed by atoms with E-state index in [0.29, 0.717) is 11.7 Å². The maximum Gasteiger partial charge on any atom is 0.126 e. The number of aromatic nitrogens is 1. The lowest BCUT2D eigenvalue weighted by Crippen LogP contribution is -2.23. The topological polar surface area (TPSA) is 64.9 Å². The highest BCUT2D eigenvalue weighted by Crippen LogP contribution is 2.13. The minimum Gasteiger partial charge on any atom is -0.383 e. The largest absolute Gasteiger partial charge is 0.383 e. The first-order valence-electron chi connectivity index (χ1n) is 5.54. The van der Waals surface area contributed by atoms with Crippen molar-refractivity contribution in [2.75, 3.05) is 5.73 Å². The molecule has 0 amide bonds. The van der Waals surface area contributed by atoms with Crippen molar-refractivity contribution in [1.82, 2.24) is 4.98 Å². The second kappa shape index (κ2) is 5.71.